The number of amides is 1. The minimum atomic E-state index is -3.63. The second-order valence-electron chi connectivity index (χ2n) is 7.11. The molecule has 3 rings (SSSR count). The van der Waals surface area contributed by atoms with E-state index in [-0.39, 0.29) is 23.4 Å². The maximum absolute atomic E-state index is 13.0. The Labute approximate surface area is 165 Å². The first-order valence-electron chi connectivity index (χ1n) is 9.51. The van der Waals surface area contributed by atoms with Crippen LogP contribution in [0.2, 0.25) is 0 Å². The van der Waals surface area contributed by atoms with Crippen molar-refractivity contribution in [3.05, 3.63) is 41.5 Å². The second kappa shape index (κ2) is 8.40. The highest BCUT2D eigenvalue weighted by Crippen LogP contribution is 2.25. The third-order valence-electron chi connectivity index (χ3n) is 4.98. The Morgan fingerprint density at radius 2 is 2.14 bits per heavy atom. The first-order valence-corrected chi connectivity index (χ1v) is 11.0. The Morgan fingerprint density at radius 3 is 2.82 bits per heavy atom. The van der Waals surface area contributed by atoms with Crippen LogP contribution in [0.5, 0.6) is 0 Å². The Hall–Kier alpha value is -2.26. The highest BCUT2D eigenvalue weighted by atomic mass is 32.2. The van der Waals surface area contributed by atoms with E-state index in [2.05, 4.69) is 10.1 Å². The van der Waals surface area contributed by atoms with Crippen LogP contribution in [0.3, 0.4) is 0 Å². The minimum absolute atomic E-state index is 0.0360. The summed E-state index contributed by atoms with van der Waals surface area (Å²) < 4.78 is 32.7. The van der Waals surface area contributed by atoms with Crippen molar-refractivity contribution < 1.29 is 17.7 Å². The first-order chi connectivity index (χ1) is 13.3. The van der Waals surface area contributed by atoms with Gasteiger partial charge in [0, 0.05) is 31.6 Å². The van der Waals surface area contributed by atoms with Gasteiger partial charge in [-0.15, -0.1) is 0 Å². The molecule has 1 aliphatic rings. The molecule has 2 aromatic rings. The maximum Gasteiger partial charge on any atom is 0.254 e. The third-order valence-corrected chi connectivity index (χ3v) is 6.98. The number of carbonyl (C=O) groups excluding carboxylic acids is 1. The summed E-state index contributed by atoms with van der Waals surface area (Å²) in [5.41, 5.74) is 0.309. The molecule has 1 aromatic heterocycles. The molecular formula is C19H26N4O4S. The zero-order valence-corrected chi connectivity index (χ0v) is 17.3. The number of hydrogen-bond donors (Lipinski definition) is 0. The lowest BCUT2D eigenvalue weighted by Crippen LogP contribution is -2.42. The van der Waals surface area contributed by atoms with Crippen molar-refractivity contribution in [2.24, 2.45) is 0 Å². The summed E-state index contributed by atoms with van der Waals surface area (Å²) in [6.45, 7) is 4.51. The van der Waals surface area contributed by atoms with Crippen LogP contribution < -0.4 is 0 Å². The normalized spacial score (nSPS) is 18.2. The Kier molecular flexibility index (Phi) is 6.14. The van der Waals surface area contributed by atoms with Crippen molar-refractivity contribution in [2.45, 2.75) is 57.0 Å². The van der Waals surface area contributed by atoms with Crippen molar-refractivity contribution in [1.29, 1.82) is 0 Å². The number of hydrogen-bond acceptors (Lipinski definition) is 6. The zero-order chi connectivity index (χ0) is 20.3. The molecule has 8 nitrogen and oxygen atoms in total. The van der Waals surface area contributed by atoms with Gasteiger partial charge in [-0.05, 0) is 38.0 Å². The van der Waals surface area contributed by atoms with Crippen molar-refractivity contribution in [3.8, 4) is 0 Å². The first kappa shape index (κ1) is 20.5. The van der Waals surface area contributed by atoms with Gasteiger partial charge in [-0.2, -0.15) is 9.29 Å². The van der Waals surface area contributed by atoms with E-state index in [0.29, 0.717) is 30.2 Å². The van der Waals surface area contributed by atoms with Crippen molar-refractivity contribution in [1.82, 2.24) is 19.3 Å². The van der Waals surface area contributed by atoms with Gasteiger partial charge in [-0.25, -0.2) is 8.42 Å². The number of rotatable bonds is 6. The number of aromatic nitrogens is 2. The standard InChI is InChI=1S/C19H26N4O4S/c1-4-17-20-18(27-21-17)13-22(3)19(24)15-9-7-10-16(12-15)28(25,26)23-11-6-5-8-14(23)2/h7,9-10,12,14H,4-6,8,11,13H2,1-3H3. The van der Waals surface area contributed by atoms with Gasteiger partial charge in [0.1, 0.15) is 0 Å². The maximum atomic E-state index is 13.0. The van der Waals surface area contributed by atoms with Crippen LogP contribution >= 0.6 is 0 Å². The second-order valence-corrected chi connectivity index (χ2v) is 9.00. The number of benzene rings is 1. The summed E-state index contributed by atoms with van der Waals surface area (Å²) in [7, 11) is -2.01. The van der Waals surface area contributed by atoms with Gasteiger partial charge >= 0.3 is 0 Å². The molecule has 1 fully saturated rings. The van der Waals surface area contributed by atoms with Gasteiger partial charge in [0.25, 0.3) is 5.91 Å². The molecule has 0 aliphatic carbocycles. The molecule has 1 atom stereocenters. The van der Waals surface area contributed by atoms with E-state index in [1.54, 1.807) is 25.2 Å². The summed E-state index contributed by atoms with van der Waals surface area (Å²) in [4.78, 5) is 18.5. The van der Waals surface area contributed by atoms with Crippen molar-refractivity contribution in [2.75, 3.05) is 13.6 Å². The van der Waals surface area contributed by atoms with Crippen LogP contribution in [0.4, 0.5) is 0 Å². The Morgan fingerprint density at radius 1 is 1.36 bits per heavy atom. The molecule has 0 radical (unpaired) electrons. The molecule has 1 saturated heterocycles. The highest BCUT2D eigenvalue weighted by Gasteiger charge is 2.31. The average Bonchev–Trinajstić information content (AvgIpc) is 3.15. The fraction of sp³-hybridized carbons (Fsp3) is 0.526. The van der Waals surface area contributed by atoms with Gasteiger partial charge in [-0.1, -0.05) is 24.6 Å². The van der Waals surface area contributed by atoms with E-state index >= 15 is 0 Å². The van der Waals surface area contributed by atoms with Gasteiger partial charge in [0.2, 0.25) is 15.9 Å². The Balaban J connectivity index is 1.78. The number of sulfonamides is 1. The molecule has 0 bridgehead atoms. The molecule has 1 amide bonds. The molecule has 2 heterocycles. The van der Waals surface area contributed by atoms with Gasteiger partial charge in [0.15, 0.2) is 5.82 Å². The lowest BCUT2D eigenvalue weighted by molar-refractivity contribution is 0.0769. The predicted molar refractivity (Wildman–Crippen MR) is 103 cm³/mol. The fourth-order valence-electron chi connectivity index (χ4n) is 3.35. The van der Waals surface area contributed by atoms with E-state index in [0.717, 1.165) is 19.3 Å². The molecule has 0 N–H and O–H groups in total. The van der Waals surface area contributed by atoms with E-state index in [4.69, 9.17) is 4.52 Å². The van der Waals surface area contributed by atoms with E-state index < -0.39 is 10.0 Å². The quantitative estimate of drug-likeness (QED) is 0.731. The largest absolute Gasteiger partial charge is 0.337 e. The van der Waals surface area contributed by atoms with Crippen molar-refractivity contribution in [3.63, 3.8) is 0 Å². The predicted octanol–water partition coefficient (Wildman–Crippen LogP) is 2.47. The molecular weight excluding hydrogens is 380 g/mol. The molecule has 1 aliphatic heterocycles. The fourth-order valence-corrected chi connectivity index (χ4v) is 5.09. The number of nitrogens with zero attached hydrogens (tertiary/aromatic N) is 4. The Bertz CT molecular complexity index is 941. The summed E-state index contributed by atoms with van der Waals surface area (Å²) >= 11 is 0. The van der Waals surface area contributed by atoms with Gasteiger partial charge in [0.05, 0.1) is 11.4 Å². The highest BCUT2D eigenvalue weighted by molar-refractivity contribution is 7.89. The molecule has 28 heavy (non-hydrogen) atoms. The monoisotopic (exact) mass is 406 g/mol. The molecule has 1 aromatic carbocycles. The van der Waals surface area contributed by atoms with Crippen molar-refractivity contribution >= 4 is 15.9 Å². The zero-order valence-electron chi connectivity index (χ0n) is 16.5. The third kappa shape index (κ3) is 4.25. The molecule has 152 valence electrons. The number of piperidine rings is 1. The smallest absolute Gasteiger partial charge is 0.254 e. The summed E-state index contributed by atoms with van der Waals surface area (Å²) in [5.74, 6) is 0.623. The summed E-state index contributed by atoms with van der Waals surface area (Å²) in [6.07, 6.45) is 3.39. The topological polar surface area (TPSA) is 96.6 Å². The van der Waals surface area contributed by atoms with Crippen LogP contribution in [0.25, 0.3) is 0 Å². The van der Waals surface area contributed by atoms with Crippen LogP contribution in [0.15, 0.2) is 33.7 Å². The summed E-state index contributed by atoms with van der Waals surface area (Å²) in [6, 6.07) is 6.17. The van der Waals surface area contributed by atoms with Gasteiger partial charge < -0.3 is 9.42 Å². The van der Waals surface area contributed by atoms with E-state index in [1.807, 2.05) is 13.8 Å². The van der Waals surface area contributed by atoms with Crippen LogP contribution in [0.1, 0.15) is 55.2 Å². The summed E-state index contributed by atoms with van der Waals surface area (Å²) in [5, 5.41) is 3.82. The SMILES string of the molecule is CCc1noc(CN(C)C(=O)c2cccc(S(=O)(=O)N3CCCCC3C)c2)n1. The average molecular weight is 407 g/mol. The van der Waals surface area contributed by atoms with Gasteiger partial charge in [-0.3, -0.25) is 4.79 Å². The van der Waals surface area contributed by atoms with Crippen LogP contribution in [-0.2, 0) is 23.0 Å². The molecule has 0 spiro atoms. The van der Waals surface area contributed by atoms with Crippen LogP contribution in [0, 0.1) is 0 Å². The van der Waals surface area contributed by atoms with E-state index in [1.165, 1.54) is 15.3 Å². The molecule has 9 heteroatoms. The number of aryl methyl sites for hydroxylation is 1. The molecule has 0 saturated carbocycles. The molecule has 1 unspecified atom stereocenters. The van der Waals surface area contributed by atoms with Crippen LogP contribution in [-0.4, -0.2) is 53.3 Å². The number of carbonyl (C=O) groups is 1. The van der Waals surface area contributed by atoms with E-state index in [9.17, 15) is 13.2 Å². The lowest BCUT2D eigenvalue weighted by Gasteiger charge is -2.32. The minimum Gasteiger partial charge on any atom is -0.337 e. The lowest BCUT2D eigenvalue weighted by atomic mass is 10.1.